The minimum atomic E-state index is -0.317. The summed E-state index contributed by atoms with van der Waals surface area (Å²) in [6.07, 6.45) is 5.27. The molecule has 1 aliphatic heterocycles. The van der Waals surface area contributed by atoms with E-state index in [1.165, 1.54) is 0 Å². The van der Waals surface area contributed by atoms with Gasteiger partial charge in [-0.1, -0.05) is 6.07 Å². The Kier molecular flexibility index (Phi) is 5.21. The highest BCUT2D eigenvalue weighted by Crippen LogP contribution is 2.27. The van der Waals surface area contributed by atoms with E-state index in [0.717, 1.165) is 31.4 Å². The van der Waals surface area contributed by atoms with Crippen LogP contribution >= 0.6 is 0 Å². The highest BCUT2D eigenvalue weighted by molar-refractivity contribution is 6.07. The van der Waals surface area contributed by atoms with E-state index in [9.17, 15) is 4.79 Å². The van der Waals surface area contributed by atoms with Gasteiger partial charge < -0.3 is 14.8 Å². The summed E-state index contributed by atoms with van der Waals surface area (Å²) in [5, 5.41) is 8.21. The molecule has 8 heteroatoms. The number of carbonyl (C=O) groups excluding carboxylic acids is 1. The van der Waals surface area contributed by atoms with Crippen LogP contribution in [-0.4, -0.2) is 45.0 Å². The Hall–Kier alpha value is -3.00. The predicted octanol–water partition coefficient (Wildman–Crippen LogP) is 3.22. The summed E-state index contributed by atoms with van der Waals surface area (Å²) in [5.74, 6) is 0.428. The molecule has 1 saturated heterocycles. The summed E-state index contributed by atoms with van der Waals surface area (Å²) in [4.78, 5) is 21.5. The Bertz CT molecular complexity index is 965. The minimum Gasteiger partial charge on any atom is -0.474 e. The van der Waals surface area contributed by atoms with E-state index in [4.69, 9.17) is 9.47 Å². The van der Waals surface area contributed by atoms with Gasteiger partial charge >= 0.3 is 0 Å². The molecule has 0 aromatic carbocycles. The minimum absolute atomic E-state index is 0.121. The van der Waals surface area contributed by atoms with Gasteiger partial charge in [0.1, 0.15) is 11.4 Å². The van der Waals surface area contributed by atoms with Gasteiger partial charge in [0.2, 0.25) is 5.88 Å². The van der Waals surface area contributed by atoms with E-state index in [1.54, 1.807) is 24.4 Å². The summed E-state index contributed by atoms with van der Waals surface area (Å²) in [7, 11) is 0. The number of carbonyl (C=O) groups is 1. The Morgan fingerprint density at radius 2 is 2.14 bits per heavy atom. The van der Waals surface area contributed by atoms with Crippen LogP contribution < -0.4 is 10.1 Å². The van der Waals surface area contributed by atoms with Crippen molar-refractivity contribution in [2.75, 3.05) is 18.5 Å². The van der Waals surface area contributed by atoms with Crippen LogP contribution in [0, 0.1) is 0 Å². The maximum atomic E-state index is 12.9. The second-order valence-corrected chi connectivity index (χ2v) is 7.04. The van der Waals surface area contributed by atoms with Gasteiger partial charge in [-0.2, -0.15) is 10.1 Å². The number of ether oxygens (including phenoxy) is 2. The fraction of sp³-hybridized carbons (Fsp3) is 0.400. The lowest BCUT2D eigenvalue weighted by Crippen LogP contribution is -2.19. The van der Waals surface area contributed by atoms with Crippen molar-refractivity contribution in [1.82, 2.24) is 19.7 Å². The van der Waals surface area contributed by atoms with E-state index in [0.29, 0.717) is 17.0 Å². The van der Waals surface area contributed by atoms with E-state index in [2.05, 4.69) is 20.4 Å². The fourth-order valence-electron chi connectivity index (χ4n) is 3.19. The van der Waals surface area contributed by atoms with Crippen LogP contribution in [0.4, 0.5) is 5.82 Å². The molecule has 146 valence electrons. The number of rotatable bonds is 5. The number of aromatic nitrogens is 4. The highest BCUT2D eigenvalue weighted by Gasteiger charge is 2.21. The molecule has 0 saturated carbocycles. The number of amides is 1. The molecule has 0 radical (unpaired) electrons. The number of hydrogen-bond donors (Lipinski definition) is 1. The first kappa shape index (κ1) is 18.4. The van der Waals surface area contributed by atoms with Crippen molar-refractivity contribution >= 4 is 22.8 Å². The van der Waals surface area contributed by atoms with Crippen molar-refractivity contribution in [2.45, 2.75) is 38.8 Å². The van der Waals surface area contributed by atoms with Crippen LogP contribution in [-0.2, 0) is 4.74 Å². The molecule has 3 aromatic heterocycles. The van der Waals surface area contributed by atoms with Gasteiger partial charge in [-0.25, -0.2) is 4.98 Å². The first-order valence-electron chi connectivity index (χ1n) is 9.47. The third-order valence-corrected chi connectivity index (χ3v) is 4.54. The lowest BCUT2D eigenvalue weighted by molar-refractivity contribution is 0.0664. The van der Waals surface area contributed by atoms with Gasteiger partial charge in [0, 0.05) is 31.0 Å². The van der Waals surface area contributed by atoms with Gasteiger partial charge in [-0.15, -0.1) is 0 Å². The van der Waals surface area contributed by atoms with Crippen molar-refractivity contribution < 1.29 is 14.3 Å². The third-order valence-electron chi connectivity index (χ3n) is 4.54. The molecule has 4 heterocycles. The first-order valence-corrected chi connectivity index (χ1v) is 9.47. The van der Waals surface area contributed by atoms with Crippen molar-refractivity contribution in [2.24, 2.45) is 0 Å². The average Bonchev–Trinajstić information content (AvgIpc) is 3.11. The second kappa shape index (κ2) is 7.93. The lowest BCUT2D eigenvalue weighted by Gasteiger charge is -2.21. The van der Waals surface area contributed by atoms with Gasteiger partial charge in [0.25, 0.3) is 5.91 Å². The van der Waals surface area contributed by atoms with Crippen LogP contribution in [0.25, 0.3) is 11.0 Å². The van der Waals surface area contributed by atoms with E-state index >= 15 is 0 Å². The van der Waals surface area contributed by atoms with Gasteiger partial charge in [-0.05, 0) is 44.9 Å². The molecule has 4 rings (SSSR count). The van der Waals surface area contributed by atoms with E-state index in [1.807, 2.05) is 30.8 Å². The fourth-order valence-corrected chi connectivity index (χ4v) is 3.19. The molecular weight excluding hydrogens is 358 g/mol. The average molecular weight is 381 g/mol. The van der Waals surface area contributed by atoms with Crippen LogP contribution in [0.15, 0.2) is 36.7 Å². The van der Waals surface area contributed by atoms with E-state index in [-0.39, 0.29) is 23.9 Å². The first-order chi connectivity index (χ1) is 13.6. The predicted molar refractivity (Wildman–Crippen MR) is 105 cm³/mol. The Morgan fingerprint density at radius 3 is 2.86 bits per heavy atom. The topological polar surface area (TPSA) is 91.2 Å². The van der Waals surface area contributed by atoms with Crippen LogP contribution in [0.5, 0.6) is 5.88 Å². The van der Waals surface area contributed by atoms with E-state index < -0.39 is 0 Å². The van der Waals surface area contributed by atoms with Crippen molar-refractivity contribution in [3.05, 3.63) is 42.2 Å². The summed E-state index contributed by atoms with van der Waals surface area (Å²) in [6.45, 7) is 5.25. The number of pyridine rings is 2. The quantitative estimate of drug-likeness (QED) is 0.730. The number of hydrogen-bond acceptors (Lipinski definition) is 6. The van der Waals surface area contributed by atoms with Crippen LogP contribution in [0.1, 0.15) is 43.1 Å². The monoisotopic (exact) mass is 381 g/mol. The molecule has 8 nitrogen and oxygen atoms in total. The van der Waals surface area contributed by atoms with Crippen molar-refractivity contribution in [1.29, 1.82) is 0 Å². The van der Waals surface area contributed by atoms with Crippen LogP contribution in [0.3, 0.4) is 0 Å². The van der Waals surface area contributed by atoms with Gasteiger partial charge in [-0.3, -0.25) is 9.48 Å². The van der Waals surface area contributed by atoms with Crippen molar-refractivity contribution in [3.8, 4) is 5.88 Å². The van der Waals surface area contributed by atoms with Gasteiger partial charge in [0.05, 0.1) is 12.1 Å². The Balaban J connectivity index is 1.69. The molecule has 0 atom stereocenters. The number of nitrogens with zero attached hydrogens (tertiary/aromatic N) is 4. The zero-order valence-corrected chi connectivity index (χ0v) is 16.0. The molecule has 0 unspecified atom stereocenters. The molecule has 1 amide bonds. The molecule has 0 spiro atoms. The van der Waals surface area contributed by atoms with Gasteiger partial charge in [0.15, 0.2) is 5.65 Å². The smallest absolute Gasteiger partial charge is 0.262 e. The Morgan fingerprint density at radius 1 is 1.32 bits per heavy atom. The normalized spacial score (nSPS) is 15.1. The maximum absolute atomic E-state index is 12.9. The zero-order chi connectivity index (χ0) is 19.5. The lowest BCUT2D eigenvalue weighted by atomic mass is 10.1. The van der Waals surface area contributed by atoms with Crippen LogP contribution in [0.2, 0.25) is 0 Å². The summed E-state index contributed by atoms with van der Waals surface area (Å²) in [6, 6.07) is 7.40. The second-order valence-electron chi connectivity index (χ2n) is 7.04. The Labute approximate surface area is 162 Å². The summed E-state index contributed by atoms with van der Waals surface area (Å²) in [5.41, 5.74) is 0.926. The largest absolute Gasteiger partial charge is 0.474 e. The molecule has 28 heavy (non-hydrogen) atoms. The molecule has 1 aliphatic rings. The standard InChI is InChI=1S/C20H23N5O3/c1-13(2)28-20-16(19(26)22-17-5-3-4-8-21-17)11-14-12-25(24-18(14)23-20)15-6-9-27-10-7-15/h3-5,8,11-13,15H,6-7,9-10H2,1-2H3,(H,21,22,26). The molecular formula is C20H23N5O3. The number of anilines is 1. The molecule has 1 N–H and O–H groups in total. The zero-order valence-electron chi connectivity index (χ0n) is 16.0. The highest BCUT2D eigenvalue weighted by atomic mass is 16.5. The number of nitrogens with one attached hydrogen (secondary N) is 1. The summed E-state index contributed by atoms with van der Waals surface area (Å²) < 4.78 is 13.2. The third kappa shape index (κ3) is 3.96. The molecule has 3 aromatic rings. The maximum Gasteiger partial charge on any atom is 0.262 e. The SMILES string of the molecule is CC(C)Oc1nc2nn(C3CCOCC3)cc2cc1C(=O)Nc1ccccn1. The number of fused-ring (bicyclic) bond motifs is 1. The molecule has 0 bridgehead atoms. The molecule has 1 fully saturated rings. The van der Waals surface area contributed by atoms with Crippen molar-refractivity contribution in [3.63, 3.8) is 0 Å². The summed E-state index contributed by atoms with van der Waals surface area (Å²) >= 11 is 0. The molecule has 0 aliphatic carbocycles.